The van der Waals surface area contributed by atoms with Crippen molar-refractivity contribution in [3.63, 3.8) is 0 Å². The highest BCUT2D eigenvalue weighted by Crippen LogP contribution is 2.31. The molecule has 1 saturated heterocycles. The molecule has 0 aromatic carbocycles. The van der Waals surface area contributed by atoms with E-state index in [0.717, 1.165) is 0 Å². The lowest BCUT2D eigenvalue weighted by molar-refractivity contribution is -0.141. The maximum Gasteiger partial charge on any atom is 0.327 e. The molecule has 21 heavy (non-hydrogen) atoms. The molecule has 0 radical (unpaired) electrons. The highest BCUT2D eigenvalue weighted by Gasteiger charge is 2.40. The zero-order valence-electron chi connectivity index (χ0n) is 11.1. The lowest BCUT2D eigenvalue weighted by atomic mass is 10.2. The first-order valence-corrected chi connectivity index (χ1v) is 8.17. The molecule has 2 unspecified atom stereocenters. The largest absolute Gasteiger partial charge is 0.480 e. The Labute approximate surface area is 128 Å². The third-order valence-electron chi connectivity index (χ3n) is 3.20. The van der Waals surface area contributed by atoms with Crippen LogP contribution in [0.25, 0.3) is 10.8 Å². The molecule has 0 saturated carbocycles. The molecule has 2 aromatic rings. The average molecular weight is 324 g/mol. The molecule has 0 bridgehead atoms. The minimum Gasteiger partial charge on any atom is -0.480 e. The third kappa shape index (κ3) is 2.56. The van der Waals surface area contributed by atoms with Crippen LogP contribution in [0.1, 0.15) is 17.4 Å². The summed E-state index contributed by atoms with van der Waals surface area (Å²) in [4.78, 5) is 29.4. The second-order valence-electron chi connectivity index (χ2n) is 4.51. The predicted octanol–water partition coefficient (Wildman–Crippen LogP) is 2.39. The van der Waals surface area contributed by atoms with Crippen LogP contribution in [0.2, 0.25) is 0 Å². The molecule has 3 rings (SSSR count). The lowest BCUT2D eigenvalue weighted by Crippen LogP contribution is -2.44. The molecule has 3 heterocycles. The normalized spacial score (nSPS) is 21.7. The maximum atomic E-state index is 12.5. The van der Waals surface area contributed by atoms with E-state index < -0.39 is 12.0 Å². The van der Waals surface area contributed by atoms with Crippen molar-refractivity contribution in [2.45, 2.75) is 18.3 Å². The Morgan fingerprint density at radius 3 is 3.00 bits per heavy atom. The highest BCUT2D eigenvalue weighted by molar-refractivity contribution is 8.00. The van der Waals surface area contributed by atoms with Crippen molar-refractivity contribution in [1.82, 2.24) is 9.88 Å². The first-order valence-electron chi connectivity index (χ1n) is 6.24. The highest BCUT2D eigenvalue weighted by atomic mass is 32.2. The molecule has 1 N–H and O–H groups in total. The summed E-state index contributed by atoms with van der Waals surface area (Å²) in [7, 11) is 0. The van der Waals surface area contributed by atoms with Crippen LogP contribution >= 0.6 is 23.1 Å². The number of thiazole rings is 1. The van der Waals surface area contributed by atoms with Gasteiger partial charge < -0.3 is 14.4 Å². The van der Waals surface area contributed by atoms with Crippen LogP contribution in [0.15, 0.2) is 28.2 Å². The molecule has 1 amide bonds. The fourth-order valence-corrected chi connectivity index (χ4v) is 4.09. The Morgan fingerprint density at radius 2 is 2.33 bits per heavy atom. The van der Waals surface area contributed by atoms with Crippen molar-refractivity contribution in [1.29, 1.82) is 0 Å². The first kappa shape index (κ1) is 14.2. The van der Waals surface area contributed by atoms with E-state index in [1.165, 1.54) is 34.3 Å². The van der Waals surface area contributed by atoms with Crippen LogP contribution in [-0.4, -0.2) is 44.0 Å². The maximum absolute atomic E-state index is 12.5. The number of aliphatic carboxylic acids is 1. The third-order valence-corrected chi connectivity index (χ3v) is 5.27. The number of nitrogens with zero attached hydrogens (tertiary/aromatic N) is 2. The van der Waals surface area contributed by atoms with E-state index in [4.69, 9.17) is 4.42 Å². The van der Waals surface area contributed by atoms with Gasteiger partial charge in [-0.05, 0) is 19.1 Å². The molecular weight excluding hydrogens is 312 g/mol. The summed E-state index contributed by atoms with van der Waals surface area (Å²) in [6.45, 7) is 1.82. The van der Waals surface area contributed by atoms with Crippen molar-refractivity contribution >= 4 is 35.0 Å². The fourth-order valence-electron chi connectivity index (χ4n) is 2.16. The molecule has 0 aliphatic carbocycles. The minimum absolute atomic E-state index is 0.174. The number of rotatable bonds is 3. The van der Waals surface area contributed by atoms with E-state index in [2.05, 4.69) is 4.98 Å². The molecule has 110 valence electrons. The van der Waals surface area contributed by atoms with E-state index in [0.29, 0.717) is 16.5 Å². The van der Waals surface area contributed by atoms with E-state index in [-0.39, 0.29) is 17.0 Å². The molecule has 6 nitrogen and oxygen atoms in total. The molecule has 2 atom stereocenters. The van der Waals surface area contributed by atoms with E-state index in [1.807, 2.05) is 6.92 Å². The van der Waals surface area contributed by atoms with Gasteiger partial charge in [0.15, 0.2) is 10.8 Å². The van der Waals surface area contributed by atoms with E-state index in [9.17, 15) is 14.7 Å². The number of aromatic nitrogens is 1. The second-order valence-corrected chi connectivity index (χ2v) is 6.72. The molecule has 1 aliphatic heterocycles. The van der Waals surface area contributed by atoms with Gasteiger partial charge in [0, 0.05) is 11.1 Å². The standard InChI is InChI=1S/C13H12N2O4S2/c1-7-15(9(6-20-7)13(17)18)12(16)8-5-21-11(14-8)10-3-2-4-19-10/h2-5,7,9H,6H2,1H3,(H,17,18). The van der Waals surface area contributed by atoms with Crippen molar-refractivity contribution in [2.75, 3.05) is 5.75 Å². The average Bonchev–Trinajstić information content (AvgIpc) is 3.17. The monoisotopic (exact) mass is 324 g/mol. The number of carbonyl (C=O) groups excluding carboxylic acids is 1. The van der Waals surface area contributed by atoms with Gasteiger partial charge in [0.2, 0.25) is 0 Å². The van der Waals surface area contributed by atoms with Gasteiger partial charge in [0.05, 0.1) is 11.6 Å². The van der Waals surface area contributed by atoms with Gasteiger partial charge in [-0.25, -0.2) is 9.78 Å². The number of hydrogen-bond acceptors (Lipinski definition) is 6. The molecule has 2 aromatic heterocycles. The Bertz CT molecular complexity index is 668. The fraction of sp³-hybridized carbons (Fsp3) is 0.308. The van der Waals surface area contributed by atoms with Gasteiger partial charge in [-0.3, -0.25) is 4.79 Å². The van der Waals surface area contributed by atoms with Crippen LogP contribution in [0, 0.1) is 0 Å². The predicted molar refractivity (Wildman–Crippen MR) is 79.3 cm³/mol. The Morgan fingerprint density at radius 1 is 1.52 bits per heavy atom. The van der Waals surface area contributed by atoms with Crippen molar-refractivity contribution in [2.24, 2.45) is 0 Å². The number of hydrogen-bond donors (Lipinski definition) is 1. The molecular formula is C13H12N2O4S2. The van der Waals surface area contributed by atoms with Gasteiger partial charge in [0.1, 0.15) is 11.7 Å². The van der Waals surface area contributed by atoms with Gasteiger partial charge in [-0.2, -0.15) is 0 Å². The van der Waals surface area contributed by atoms with E-state index in [1.54, 1.807) is 17.5 Å². The van der Waals surface area contributed by atoms with Crippen LogP contribution in [0.3, 0.4) is 0 Å². The van der Waals surface area contributed by atoms with E-state index >= 15 is 0 Å². The summed E-state index contributed by atoms with van der Waals surface area (Å²) >= 11 is 2.75. The lowest BCUT2D eigenvalue weighted by Gasteiger charge is -2.23. The Hall–Kier alpha value is -1.80. The number of furan rings is 1. The Kier molecular flexibility index (Phi) is 3.73. The first-order chi connectivity index (χ1) is 10.1. The number of carbonyl (C=O) groups is 2. The number of carboxylic acids is 1. The summed E-state index contributed by atoms with van der Waals surface area (Å²) in [6.07, 6.45) is 1.54. The summed E-state index contributed by atoms with van der Waals surface area (Å²) < 4.78 is 5.24. The Balaban J connectivity index is 1.86. The van der Waals surface area contributed by atoms with Gasteiger partial charge >= 0.3 is 5.97 Å². The SMILES string of the molecule is CC1SCC(C(=O)O)N1C(=O)c1csc(-c2ccco2)n1. The topological polar surface area (TPSA) is 83.6 Å². The van der Waals surface area contributed by atoms with Crippen molar-refractivity contribution < 1.29 is 19.1 Å². The second kappa shape index (κ2) is 5.53. The van der Waals surface area contributed by atoms with Crippen LogP contribution in [-0.2, 0) is 4.79 Å². The number of thioether (sulfide) groups is 1. The van der Waals surface area contributed by atoms with Gasteiger partial charge in [-0.15, -0.1) is 23.1 Å². The summed E-state index contributed by atoms with van der Waals surface area (Å²) in [5, 5.41) is 11.3. The summed E-state index contributed by atoms with van der Waals surface area (Å²) in [6, 6.07) is 2.71. The van der Waals surface area contributed by atoms with Gasteiger partial charge in [-0.1, -0.05) is 0 Å². The number of carboxylic acid groups (broad SMARTS) is 1. The van der Waals surface area contributed by atoms with Crippen LogP contribution < -0.4 is 0 Å². The van der Waals surface area contributed by atoms with Crippen molar-refractivity contribution in [3.05, 3.63) is 29.5 Å². The smallest absolute Gasteiger partial charge is 0.327 e. The molecule has 8 heteroatoms. The minimum atomic E-state index is -0.985. The zero-order chi connectivity index (χ0) is 15.0. The van der Waals surface area contributed by atoms with Gasteiger partial charge in [0.25, 0.3) is 5.91 Å². The molecule has 1 fully saturated rings. The molecule has 1 aliphatic rings. The van der Waals surface area contributed by atoms with Crippen molar-refractivity contribution in [3.8, 4) is 10.8 Å². The summed E-state index contributed by atoms with van der Waals surface area (Å²) in [5.74, 6) is -0.342. The van der Waals surface area contributed by atoms with Crippen LogP contribution in [0.5, 0.6) is 0 Å². The number of amides is 1. The molecule has 0 spiro atoms. The summed E-state index contributed by atoms with van der Waals surface area (Å²) in [5.41, 5.74) is 0.256. The quantitative estimate of drug-likeness (QED) is 0.933. The zero-order valence-corrected chi connectivity index (χ0v) is 12.7. The van der Waals surface area contributed by atoms with Crippen LogP contribution in [0.4, 0.5) is 0 Å².